The number of aldehydes is 1. The van der Waals surface area contributed by atoms with Gasteiger partial charge in [-0.3, -0.25) is 0 Å². The maximum atomic E-state index is 10.5. The summed E-state index contributed by atoms with van der Waals surface area (Å²) in [6, 6.07) is 6.07. The lowest BCUT2D eigenvalue weighted by Crippen LogP contribution is -1.95. The van der Waals surface area contributed by atoms with Gasteiger partial charge in [0.05, 0.1) is 7.11 Å². The molecular formula is C13H15NO2. The van der Waals surface area contributed by atoms with Gasteiger partial charge in [0, 0.05) is 36.1 Å². The number of hydrogen-bond acceptors (Lipinski definition) is 2. The summed E-state index contributed by atoms with van der Waals surface area (Å²) in [5, 5.41) is 1.17. The zero-order valence-electron chi connectivity index (χ0n) is 9.56. The van der Waals surface area contributed by atoms with E-state index in [1.807, 2.05) is 25.4 Å². The van der Waals surface area contributed by atoms with E-state index in [0.717, 1.165) is 24.0 Å². The minimum absolute atomic E-state index is 0.532. The number of nitrogens with zero attached hydrogens (tertiary/aromatic N) is 1. The molecule has 1 aromatic heterocycles. The molecule has 0 aliphatic carbocycles. The van der Waals surface area contributed by atoms with E-state index in [9.17, 15) is 4.79 Å². The second-order valence-corrected chi connectivity index (χ2v) is 3.81. The molecule has 2 rings (SSSR count). The second-order valence-electron chi connectivity index (χ2n) is 3.81. The highest BCUT2D eigenvalue weighted by atomic mass is 16.5. The van der Waals surface area contributed by atoms with Crippen LogP contribution in [0.2, 0.25) is 0 Å². The van der Waals surface area contributed by atoms with E-state index in [4.69, 9.17) is 4.74 Å². The summed E-state index contributed by atoms with van der Waals surface area (Å²) >= 11 is 0. The van der Waals surface area contributed by atoms with Crippen LogP contribution in [0.25, 0.3) is 10.9 Å². The molecule has 0 aliphatic rings. The van der Waals surface area contributed by atoms with Crippen molar-refractivity contribution in [2.75, 3.05) is 7.11 Å². The van der Waals surface area contributed by atoms with Crippen molar-refractivity contribution in [2.24, 2.45) is 7.05 Å². The maximum Gasteiger partial charge on any atom is 0.122 e. The molecular weight excluding hydrogens is 202 g/mol. The fourth-order valence-corrected chi connectivity index (χ4v) is 2.04. The van der Waals surface area contributed by atoms with Gasteiger partial charge in [-0.2, -0.15) is 0 Å². The molecule has 0 fully saturated rings. The molecule has 0 aliphatic heterocycles. The molecule has 0 saturated heterocycles. The van der Waals surface area contributed by atoms with Crippen LogP contribution in [0, 0.1) is 0 Å². The van der Waals surface area contributed by atoms with Gasteiger partial charge in [-0.15, -0.1) is 0 Å². The Labute approximate surface area is 94.6 Å². The molecule has 1 aromatic carbocycles. The third-order valence-corrected chi connectivity index (χ3v) is 2.87. The van der Waals surface area contributed by atoms with Gasteiger partial charge in [0.25, 0.3) is 0 Å². The van der Waals surface area contributed by atoms with Crippen LogP contribution in [-0.2, 0) is 18.3 Å². The van der Waals surface area contributed by atoms with Crippen molar-refractivity contribution >= 4 is 17.2 Å². The number of aryl methyl sites for hydroxylation is 2. The smallest absolute Gasteiger partial charge is 0.122 e. The van der Waals surface area contributed by atoms with Crippen LogP contribution in [0.5, 0.6) is 5.75 Å². The van der Waals surface area contributed by atoms with E-state index in [2.05, 4.69) is 10.6 Å². The first kappa shape index (κ1) is 10.7. The summed E-state index contributed by atoms with van der Waals surface area (Å²) < 4.78 is 7.40. The fraction of sp³-hybridized carbons (Fsp3) is 0.308. The Balaban J connectivity index is 2.58. The van der Waals surface area contributed by atoms with E-state index >= 15 is 0 Å². The zero-order chi connectivity index (χ0) is 11.5. The Morgan fingerprint density at radius 1 is 1.38 bits per heavy atom. The molecule has 0 bridgehead atoms. The molecule has 0 N–H and O–H groups in total. The van der Waals surface area contributed by atoms with E-state index in [0.29, 0.717) is 6.42 Å². The Bertz CT molecular complexity index is 514. The van der Waals surface area contributed by atoms with Crippen LogP contribution in [0.4, 0.5) is 0 Å². The lowest BCUT2D eigenvalue weighted by molar-refractivity contribution is -0.107. The van der Waals surface area contributed by atoms with E-state index in [1.165, 1.54) is 10.9 Å². The van der Waals surface area contributed by atoms with Crippen molar-refractivity contribution in [1.82, 2.24) is 4.57 Å². The summed E-state index contributed by atoms with van der Waals surface area (Å²) in [6.45, 7) is 0. The lowest BCUT2D eigenvalue weighted by atomic mass is 10.0. The zero-order valence-corrected chi connectivity index (χ0v) is 9.56. The molecule has 0 saturated carbocycles. The summed E-state index contributed by atoms with van der Waals surface area (Å²) in [5.74, 6) is 0.862. The number of rotatable bonds is 4. The molecule has 1 heterocycles. The number of carbonyl (C=O) groups excluding carboxylic acids is 1. The molecule has 3 heteroatoms. The second kappa shape index (κ2) is 4.39. The van der Waals surface area contributed by atoms with Crippen molar-refractivity contribution < 1.29 is 9.53 Å². The van der Waals surface area contributed by atoms with E-state index < -0.39 is 0 Å². The Morgan fingerprint density at radius 3 is 2.88 bits per heavy atom. The van der Waals surface area contributed by atoms with Crippen LogP contribution < -0.4 is 4.74 Å². The number of methoxy groups -OCH3 is 1. The van der Waals surface area contributed by atoms with Crippen LogP contribution in [0.3, 0.4) is 0 Å². The average Bonchev–Trinajstić information content (AvgIpc) is 2.68. The van der Waals surface area contributed by atoms with Gasteiger partial charge >= 0.3 is 0 Å². The number of ether oxygens (including phenoxy) is 1. The minimum Gasteiger partial charge on any atom is -0.496 e. The first-order valence-corrected chi connectivity index (χ1v) is 5.32. The molecule has 3 nitrogen and oxygen atoms in total. The number of carbonyl (C=O) groups is 1. The molecule has 0 amide bonds. The topological polar surface area (TPSA) is 31.2 Å². The van der Waals surface area contributed by atoms with Gasteiger partial charge in [-0.25, -0.2) is 0 Å². The van der Waals surface area contributed by atoms with Gasteiger partial charge < -0.3 is 14.1 Å². The summed E-state index contributed by atoms with van der Waals surface area (Å²) in [6.07, 6.45) is 4.23. The first-order valence-electron chi connectivity index (χ1n) is 5.32. The van der Waals surface area contributed by atoms with Crippen LogP contribution in [-0.4, -0.2) is 18.0 Å². The van der Waals surface area contributed by atoms with E-state index in [1.54, 1.807) is 7.11 Å². The highest BCUT2D eigenvalue weighted by molar-refractivity contribution is 5.86. The van der Waals surface area contributed by atoms with Gasteiger partial charge in [0.2, 0.25) is 0 Å². The van der Waals surface area contributed by atoms with Gasteiger partial charge in [0.1, 0.15) is 12.0 Å². The molecule has 0 atom stereocenters. The number of hydrogen-bond donors (Lipinski definition) is 0. The molecule has 0 radical (unpaired) electrons. The average molecular weight is 217 g/mol. The van der Waals surface area contributed by atoms with Gasteiger partial charge in [0.15, 0.2) is 0 Å². The highest BCUT2D eigenvalue weighted by Gasteiger charge is 2.09. The van der Waals surface area contributed by atoms with Gasteiger partial charge in [-0.1, -0.05) is 0 Å². The maximum absolute atomic E-state index is 10.5. The van der Waals surface area contributed by atoms with Crippen molar-refractivity contribution in [3.05, 3.63) is 30.0 Å². The Hall–Kier alpha value is -1.77. The standard InChI is InChI=1S/C13H15NO2/c1-14-8-7-10-11(4-3-9-15)13(16-2)6-5-12(10)14/h5-9H,3-4H2,1-2H3. The third-order valence-electron chi connectivity index (χ3n) is 2.87. The van der Waals surface area contributed by atoms with E-state index in [-0.39, 0.29) is 0 Å². The number of aromatic nitrogens is 1. The van der Waals surface area contributed by atoms with Gasteiger partial charge in [-0.05, 0) is 24.6 Å². The molecule has 84 valence electrons. The van der Waals surface area contributed by atoms with Crippen LogP contribution in [0.1, 0.15) is 12.0 Å². The van der Waals surface area contributed by atoms with Crippen LogP contribution >= 0.6 is 0 Å². The Morgan fingerprint density at radius 2 is 2.19 bits per heavy atom. The van der Waals surface area contributed by atoms with Crippen molar-refractivity contribution in [1.29, 1.82) is 0 Å². The normalized spacial score (nSPS) is 10.6. The highest BCUT2D eigenvalue weighted by Crippen LogP contribution is 2.29. The summed E-state index contributed by atoms with van der Waals surface area (Å²) in [5.41, 5.74) is 2.29. The van der Waals surface area contributed by atoms with Crippen molar-refractivity contribution in [3.63, 3.8) is 0 Å². The quantitative estimate of drug-likeness (QED) is 0.736. The minimum atomic E-state index is 0.532. The first-order chi connectivity index (χ1) is 7.77. The molecule has 0 spiro atoms. The largest absolute Gasteiger partial charge is 0.496 e. The predicted molar refractivity (Wildman–Crippen MR) is 63.9 cm³/mol. The number of benzene rings is 1. The number of fused-ring (bicyclic) bond motifs is 1. The third kappa shape index (κ3) is 1.69. The summed E-state index contributed by atoms with van der Waals surface area (Å²) in [7, 11) is 3.67. The molecule has 2 aromatic rings. The Kier molecular flexibility index (Phi) is 2.95. The SMILES string of the molecule is COc1ccc2c(ccn2C)c1CCC=O. The molecule has 16 heavy (non-hydrogen) atoms. The summed E-state index contributed by atoms with van der Waals surface area (Å²) in [4.78, 5) is 10.5. The fourth-order valence-electron chi connectivity index (χ4n) is 2.04. The van der Waals surface area contributed by atoms with Crippen molar-refractivity contribution in [3.8, 4) is 5.75 Å². The molecule has 0 unspecified atom stereocenters. The predicted octanol–water partition coefficient (Wildman–Crippen LogP) is 2.32. The van der Waals surface area contributed by atoms with Crippen molar-refractivity contribution in [2.45, 2.75) is 12.8 Å². The van der Waals surface area contributed by atoms with Crippen LogP contribution in [0.15, 0.2) is 24.4 Å². The monoisotopic (exact) mass is 217 g/mol. The lowest BCUT2D eigenvalue weighted by Gasteiger charge is -2.09.